The van der Waals surface area contributed by atoms with Gasteiger partial charge in [0, 0.05) is 6.92 Å². The van der Waals surface area contributed by atoms with E-state index in [1.54, 1.807) is 0 Å². The van der Waals surface area contributed by atoms with Gasteiger partial charge in [0.15, 0.2) is 0 Å². The van der Waals surface area contributed by atoms with Gasteiger partial charge in [-0.3, -0.25) is 4.79 Å². The largest absolute Gasteiger partial charge is 0.462 e. The summed E-state index contributed by atoms with van der Waals surface area (Å²) in [5, 5.41) is 0. The lowest BCUT2D eigenvalue weighted by molar-refractivity contribution is -0.139. The first-order valence-electron chi connectivity index (χ1n) is 2.52. The van der Waals surface area contributed by atoms with Gasteiger partial charge in [-0.2, -0.15) is 0 Å². The van der Waals surface area contributed by atoms with E-state index in [2.05, 4.69) is 4.74 Å². The normalized spacial score (nSPS) is 11.3. The SMILES string of the molecule is [2H]C=CCOC(C)=O. The van der Waals surface area contributed by atoms with Crippen LogP contribution in [-0.4, -0.2) is 12.6 Å². The molecule has 2 heteroatoms. The maximum Gasteiger partial charge on any atom is 0.302 e. The zero-order valence-electron chi connectivity index (χ0n) is 5.18. The number of carbonyl (C=O) groups is 1. The minimum absolute atomic E-state index is 0.207. The zero-order valence-corrected chi connectivity index (χ0v) is 4.18. The van der Waals surface area contributed by atoms with Gasteiger partial charge in [-0.15, -0.1) is 0 Å². The first kappa shape index (κ1) is 4.37. The number of rotatable bonds is 2. The fourth-order valence-corrected chi connectivity index (χ4v) is 0.165. The van der Waals surface area contributed by atoms with Crippen molar-refractivity contribution in [3.8, 4) is 0 Å². The molecule has 40 valence electrons. The molecular weight excluding hydrogens is 92.1 g/mol. The summed E-state index contributed by atoms with van der Waals surface area (Å²) in [5.41, 5.74) is 0. The molecule has 0 N–H and O–H groups in total. The van der Waals surface area contributed by atoms with Gasteiger partial charge in [0.05, 0.1) is 1.37 Å². The number of ether oxygens (including phenoxy) is 1. The molecule has 0 heterocycles. The van der Waals surface area contributed by atoms with Crippen molar-refractivity contribution in [1.82, 2.24) is 0 Å². The van der Waals surface area contributed by atoms with Crippen molar-refractivity contribution >= 4 is 5.97 Å². The summed E-state index contributed by atoms with van der Waals surface area (Å²) in [6, 6.07) is 0. The van der Waals surface area contributed by atoms with Gasteiger partial charge in [-0.1, -0.05) is 12.6 Å². The standard InChI is InChI=1S/C5H8O2/c1-3-4-7-5(2)6/h3H,1,4H2,2H3/i1D. The molecular formula is C5H8O2. The molecule has 7 heavy (non-hydrogen) atoms. The summed E-state index contributed by atoms with van der Waals surface area (Å²) >= 11 is 0. The Morgan fingerprint density at radius 2 is 3.00 bits per heavy atom. The Morgan fingerprint density at radius 1 is 2.29 bits per heavy atom. The summed E-state index contributed by atoms with van der Waals surface area (Å²) in [7, 11) is 0. The van der Waals surface area contributed by atoms with Gasteiger partial charge >= 0.3 is 5.97 Å². The number of hydrogen-bond acceptors (Lipinski definition) is 2. The highest BCUT2D eigenvalue weighted by atomic mass is 16.5. The number of carbonyl (C=O) groups excluding carboxylic acids is 1. The highest BCUT2D eigenvalue weighted by Gasteiger charge is 1.83. The summed E-state index contributed by atoms with van der Waals surface area (Å²) in [5.74, 6) is -0.317. The molecule has 0 aromatic rings. The van der Waals surface area contributed by atoms with Crippen LogP contribution in [0.4, 0.5) is 0 Å². The van der Waals surface area contributed by atoms with Crippen LogP contribution in [0.5, 0.6) is 0 Å². The fourth-order valence-electron chi connectivity index (χ4n) is 0.165. The van der Waals surface area contributed by atoms with Crippen LogP contribution >= 0.6 is 0 Å². The molecule has 0 aromatic heterocycles. The summed E-state index contributed by atoms with van der Waals surface area (Å²) in [4.78, 5) is 10.0. The second-order valence-electron chi connectivity index (χ2n) is 1.04. The number of hydrogen-bond donors (Lipinski definition) is 0. The second-order valence-corrected chi connectivity index (χ2v) is 1.04. The van der Waals surface area contributed by atoms with Gasteiger partial charge in [0.25, 0.3) is 0 Å². The van der Waals surface area contributed by atoms with Crippen molar-refractivity contribution < 1.29 is 10.9 Å². The van der Waals surface area contributed by atoms with Crippen LogP contribution in [0.1, 0.15) is 8.29 Å². The monoisotopic (exact) mass is 101 g/mol. The summed E-state index contributed by atoms with van der Waals surface area (Å²) < 4.78 is 10.9. The Morgan fingerprint density at radius 3 is 3.43 bits per heavy atom. The van der Waals surface area contributed by atoms with E-state index in [1.165, 1.54) is 13.0 Å². The van der Waals surface area contributed by atoms with Gasteiger partial charge in [-0.05, 0) is 0 Å². The molecule has 0 aliphatic carbocycles. The van der Waals surface area contributed by atoms with Crippen LogP contribution < -0.4 is 0 Å². The van der Waals surface area contributed by atoms with Gasteiger partial charge in [-0.25, -0.2) is 0 Å². The highest BCUT2D eigenvalue weighted by Crippen LogP contribution is 1.73. The van der Waals surface area contributed by atoms with E-state index >= 15 is 0 Å². The van der Waals surface area contributed by atoms with Crippen molar-refractivity contribution in [2.45, 2.75) is 6.92 Å². The predicted molar refractivity (Wildman–Crippen MR) is 26.8 cm³/mol. The zero-order chi connectivity index (χ0) is 6.41. The molecule has 0 rings (SSSR count). The van der Waals surface area contributed by atoms with Gasteiger partial charge < -0.3 is 4.74 Å². The molecule has 0 radical (unpaired) electrons. The average Bonchev–Trinajstić information content (AvgIpc) is 1.66. The Hall–Kier alpha value is -0.790. The van der Waals surface area contributed by atoms with Crippen molar-refractivity contribution in [3.63, 3.8) is 0 Å². The predicted octanol–water partition coefficient (Wildman–Crippen LogP) is 0.736. The minimum atomic E-state index is -0.317. The smallest absolute Gasteiger partial charge is 0.302 e. The highest BCUT2D eigenvalue weighted by molar-refractivity contribution is 5.65. The van der Waals surface area contributed by atoms with Crippen LogP contribution in [0.25, 0.3) is 0 Å². The summed E-state index contributed by atoms with van der Waals surface area (Å²) in [6.45, 7) is 2.62. The van der Waals surface area contributed by atoms with Crippen LogP contribution in [-0.2, 0) is 9.53 Å². The quantitative estimate of drug-likeness (QED) is 0.378. The van der Waals surface area contributed by atoms with E-state index in [9.17, 15) is 4.79 Å². The lowest BCUT2D eigenvalue weighted by Crippen LogP contribution is -1.96. The molecule has 0 spiro atoms. The van der Waals surface area contributed by atoms with Gasteiger partial charge in [0.1, 0.15) is 6.61 Å². The maximum absolute atomic E-state index is 10.0. The Balaban J connectivity index is 3.05. The van der Waals surface area contributed by atoms with E-state index in [0.29, 0.717) is 0 Å². The first-order chi connectivity index (χ1) is 3.77. The van der Waals surface area contributed by atoms with E-state index in [-0.39, 0.29) is 12.6 Å². The van der Waals surface area contributed by atoms with Crippen molar-refractivity contribution in [2.75, 3.05) is 6.61 Å². The third-order valence-electron chi connectivity index (χ3n) is 0.383. The van der Waals surface area contributed by atoms with Crippen LogP contribution in [0.15, 0.2) is 12.6 Å². The first-order valence-corrected chi connectivity index (χ1v) is 1.94. The molecule has 0 amide bonds. The second kappa shape index (κ2) is 3.40. The van der Waals surface area contributed by atoms with E-state index in [4.69, 9.17) is 1.37 Å². The molecule has 0 bridgehead atoms. The molecule has 0 unspecified atom stereocenters. The van der Waals surface area contributed by atoms with Crippen LogP contribution in [0, 0.1) is 0 Å². The van der Waals surface area contributed by atoms with Crippen molar-refractivity contribution in [2.24, 2.45) is 0 Å². The molecule has 0 aliphatic heterocycles. The molecule has 0 aromatic carbocycles. The number of esters is 1. The van der Waals surface area contributed by atoms with E-state index < -0.39 is 0 Å². The molecule has 0 aliphatic rings. The third-order valence-corrected chi connectivity index (χ3v) is 0.383. The molecule has 0 saturated heterocycles. The fraction of sp³-hybridized carbons (Fsp3) is 0.400. The Labute approximate surface area is 44.2 Å². The molecule has 2 nitrogen and oxygen atoms in total. The average molecular weight is 101 g/mol. The molecule has 0 atom stereocenters. The van der Waals surface area contributed by atoms with E-state index in [0.717, 1.165) is 6.55 Å². The Bertz CT molecular complexity index is 98.6. The van der Waals surface area contributed by atoms with Crippen LogP contribution in [0.2, 0.25) is 0 Å². The minimum Gasteiger partial charge on any atom is -0.462 e. The Kier molecular flexibility index (Phi) is 2.12. The molecule has 0 saturated carbocycles. The van der Waals surface area contributed by atoms with Gasteiger partial charge in [0.2, 0.25) is 0 Å². The van der Waals surface area contributed by atoms with E-state index in [1.807, 2.05) is 0 Å². The maximum atomic E-state index is 10.0. The lowest BCUT2D eigenvalue weighted by atomic mass is 10.7. The van der Waals surface area contributed by atoms with Crippen molar-refractivity contribution in [1.29, 1.82) is 0 Å². The van der Waals surface area contributed by atoms with Crippen LogP contribution in [0.3, 0.4) is 0 Å². The summed E-state index contributed by atoms with van der Waals surface area (Å²) in [6.07, 6.45) is 1.45. The topological polar surface area (TPSA) is 26.3 Å². The third kappa shape index (κ3) is 5.21. The molecule has 0 fully saturated rings. The van der Waals surface area contributed by atoms with Crippen molar-refractivity contribution in [3.05, 3.63) is 12.6 Å². The lowest BCUT2D eigenvalue weighted by Gasteiger charge is -1.90.